The Morgan fingerprint density at radius 2 is 2.05 bits per heavy atom. The zero-order valence-electron chi connectivity index (χ0n) is 12.9. The van der Waals surface area contributed by atoms with Gasteiger partial charge in [0.05, 0.1) is 5.56 Å². The van der Waals surface area contributed by atoms with Gasteiger partial charge in [-0.15, -0.1) is 0 Å². The molecule has 110 valence electrons. The first-order chi connectivity index (χ1) is 9.56. The molecule has 4 heteroatoms. The Morgan fingerprint density at radius 1 is 1.30 bits per heavy atom. The van der Waals surface area contributed by atoms with Gasteiger partial charge in [0.25, 0.3) is 0 Å². The minimum atomic E-state index is 0.634. The van der Waals surface area contributed by atoms with Crippen LogP contribution < -0.4 is 5.73 Å². The number of anilines is 1. The summed E-state index contributed by atoms with van der Waals surface area (Å²) in [6.45, 7) is 9.61. The van der Waals surface area contributed by atoms with Crippen LogP contribution in [0.3, 0.4) is 0 Å². The molecule has 1 aliphatic rings. The first-order valence-electron chi connectivity index (χ1n) is 7.65. The molecule has 2 heterocycles. The minimum Gasteiger partial charge on any atom is -0.384 e. The molecule has 1 fully saturated rings. The van der Waals surface area contributed by atoms with Gasteiger partial charge in [-0.2, -0.15) is 5.26 Å². The Kier molecular flexibility index (Phi) is 4.72. The van der Waals surface area contributed by atoms with Crippen molar-refractivity contribution < 1.29 is 0 Å². The van der Waals surface area contributed by atoms with E-state index in [0.29, 0.717) is 17.4 Å². The number of nitrogen functional groups attached to an aromatic ring is 1. The van der Waals surface area contributed by atoms with Crippen molar-refractivity contribution in [3.05, 3.63) is 16.8 Å². The molecule has 1 aliphatic heterocycles. The molecule has 2 N–H and O–H groups in total. The van der Waals surface area contributed by atoms with E-state index < -0.39 is 0 Å². The molecule has 1 atom stereocenters. The van der Waals surface area contributed by atoms with Crippen LogP contribution in [-0.4, -0.2) is 28.6 Å². The van der Waals surface area contributed by atoms with Gasteiger partial charge in [0, 0.05) is 24.8 Å². The Bertz CT molecular complexity index is 510. The lowest BCUT2D eigenvalue weighted by atomic mass is 10.0. The number of rotatable bonds is 4. The van der Waals surface area contributed by atoms with Crippen LogP contribution in [0.5, 0.6) is 0 Å². The quantitative estimate of drug-likeness (QED) is 0.918. The number of hydrogen-bond acceptors (Lipinski definition) is 3. The summed E-state index contributed by atoms with van der Waals surface area (Å²) in [5.41, 5.74) is 8.89. The molecule has 1 aromatic heterocycles. The van der Waals surface area contributed by atoms with Crippen molar-refractivity contribution in [2.24, 2.45) is 0 Å². The third-order valence-electron chi connectivity index (χ3n) is 4.75. The number of hydrogen-bond donors (Lipinski definition) is 1. The maximum absolute atomic E-state index is 9.15. The van der Waals surface area contributed by atoms with Gasteiger partial charge in [-0.25, -0.2) is 0 Å². The molecule has 1 aromatic rings. The second-order valence-corrected chi connectivity index (χ2v) is 5.97. The summed E-state index contributed by atoms with van der Waals surface area (Å²) in [5, 5.41) is 9.15. The zero-order chi connectivity index (χ0) is 14.7. The van der Waals surface area contributed by atoms with E-state index in [1.165, 1.54) is 25.8 Å². The zero-order valence-corrected chi connectivity index (χ0v) is 12.9. The van der Waals surface area contributed by atoms with Crippen molar-refractivity contribution in [3.63, 3.8) is 0 Å². The summed E-state index contributed by atoms with van der Waals surface area (Å²) in [6.07, 6.45) is 5.11. The highest BCUT2D eigenvalue weighted by atomic mass is 15.2. The Morgan fingerprint density at radius 3 is 2.65 bits per heavy atom. The fourth-order valence-electron chi connectivity index (χ4n) is 3.24. The van der Waals surface area contributed by atoms with Gasteiger partial charge in [-0.3, -0.25) is 0 Å². The third kappa shape index (κ3) is 2.83. The average Bonchev–Trinajstić information content (AvgIpc) is 2.64. The van der Waals surface area contributed by atoms with Crippen molar-refractivity contribution in [2.45, 2.75) is 59.0 Å². The highest BCUT2D eigenvalue weighted by molar-refractivity contribution is 5.57. The van der Waals surface area contributed by atoms with Crippen LogP contribution in [-0.2, 0) is 6.54 Å². The standard InChI is InChI=1S/C16H26N4/c1-12-7-4-5-8-19(12)9-6-10-20-14(3)13(2)15(11-17)16(20)18/h12H,4-10,18H2,1-3H3. The molecule has 0 saturated carbocycles. The smallest absolute Gasteiger partial charge is 0.122 e. The molecule has 0 radical (unpaired) electrons. The van der Waals surface area contributed by atoms with Gasteiger partial charge in [0.15, 0.2) is 0 Å². The number of likely N-dealkylation sites (tertiary alicyclic amines) is 1. The van der Waals surface area contributed by atoms with Crippen LogP contribution in [0.4, 0.5) is 5.82 Å². The van der Waals surface area contributed by atoms with Crippen molar-refractivity contribution in [1.82, 2.24) is 9.47 Å². The van der Waals surface area contributed by atoms with E-state index in [9.17, 15) is 0 Å². The predicted molar refractivity (Wildman–Crippen MR) is 82.5 cm³/mol. The van der Waals surface area contributed by atoms with Crippen molar-refractivity contribution in [3.8, 4) is 6.07 Å². The van der Waals surface area contributed by atoms with Crippen molar-refractivity contribution in [1.29, 1.82) is 5.26 Å². The monoisotopic (exact) mass is 274 g/mol. The molecular formula is C16H26N4. The molecule has 1 unspecified atom stereocenters. The van der Waals surface area contributed by atoms with E-state index in [1.54, 1.807) is 0 Å². The van der Waals surface area contributed by atoms with Gasteiger partial charge >= 0.3 is 0 Å². The third-order valence-corrected chi connectivity index (χ3v) is 4.75. The number of nitriles is 1. The molecule has 4 nitrogen and oxygen atoms in total. The van der Waals surface area contributed by atoms with Crippen LogP contribution in [0.25, 0.3) is 0 Å². The number of aromatic nitrogens is 1. The summed E-state index contributed by atoms with van der Waals surface area (Å²) < 4.78 is 2.10. The number of piperidine rings is 1. The summed E-state index contributed by atoms with van der Waals surface area (Å²) in [6, 6.07) is 2.93. The SMILES string of the molecule is Cc1c(C#N)c(N)n(CCCN2CCCCC2C)c1C. The first kappa shape index (κ1) is 14.9. The maximum atomic E-state index is 9.15. The highest BCUT2D eigenvalue weighted by Gasteiger charge is 2.18. The van der Waals surface area contributed by atoms with Crippen molar-refractivity contribution in [2.75, 3.05) is 18.8 Å². The molecule has 1 saturated heterocycles. The van der Waals surface area contributed by atoms with Crippen LogP contribution in [0.15, 0.2) is 0 Å². The summed E-state index contributed by atoms with van der Waals surface area (Å²) in [7, 11) is 0. The molecular weight excluding hydrogens is 248 g/mol. The van der Waals surface area contributed by atoms with E-state index in [4.69, 9.17) is 11.0 Å². The average molecular weight is 274 g/mol. The van der Waals surface area contributed by atoms with Crippen LogP contribution in [0, 0.1) is 25.2 Å². The molecule has 0 bridgehead atoms. The van der Waals surface area contributed by atoms with Gasteiger partial charge in [-0.05, 0) is 52.1 Å². The summed E-state index contributed by atoms with van der Waals surface area (Å²) >= 11 is 0. The van der Waals surface area contributed by atoms with E-state index in [0.717, 1.165) is 30.8 Å². The molecule has 0 spiro atoms. The van der Waals surface area contributed by atoms with Crippen LogP contribution in [0.2, 0.25) is 0 Å². The lowest BCUT2D eigenvalue weighted by molar-refractivity contribution is 0.157. The molecule has 0 amide bonds. The molecule has 20 heavy (non-hydrogen) atoms. The Hall–Kier alpha value is -1.47. The van der Waals surface area contributed by atoms with Gasteiger partial charge < -0.3 is 15.2 Å². The van der Waals surface area contributed by atoms with Gasteiger partial charge in [0.2, 0.25) is 0 Å². The fourth-order valence-corrected chi connectivity index (χ4v) is 3.24. The van der Waals surface area contributed by atoms with Crippen LogP contribution in [0.1, 0.15) is 49.4 Å². The van der Waals surface area contributed by atoms with Gasteiger partial charge in [-0.1, -0.05) is 6.42 Å². The number of nitrogens with two attached hydrogens (primary N) is 1. The second-order valence-electron chi connectivity index (χ2n) is 5.97. The fraction of sp³-hybridized carbons (Fsp3) is 0.688. The molecule has 0 aliphatic carbocycles. The Labute approximate surface area is 122 Å². The molecule has 2 rings (SSSR count). The van der Waals surface area contributed by atoms with E-state index >= 15 is 0 Å². The lowest BCUT2D eigenvalue weighted by Gasteiger charge is -2.33. The summed E-state index contributed by atoms with van der Waals surface area (Å²) in [5.74, 6) is 0.634. The van der Waals surface area contributed by atoms with E-state index in [-0.39, 0.29) is 0 Å². The second kappa shape index (κ2) is 6.32. The molecule has 0 aromatic carbocycles. The Balaban J connectivity index is 1.96. The highest BCUT2D eigenvalue weighted by Crippen LogP contribution is 2.24. The number of nitrogens with zero attached hydrogens (tertiary/aromatic N) is 3. The maximum Gasteiger partial charge on any atom is 0.122 e. The largest absolute Gasteiger partial charge is 0.384 e. The lowest BCUT2D eigenvalue weighted by Crippen LogP contribution is -2.38. The van der Waals surface area contributed by atoms with E-state index in [2.05, 4.69) is 29.4 Å². The minimum absolute atomic E-state index is 0.634. The van der Waals surface area contributed by atoms with Crippen LogP contribution >= 0.6 is 0 Å². The first-order valence-corrected chi connectivity index (χ1v) is 7.65. The summed E-state index contributed by atoms with van der Waals surface area (Å²) in [4.78, 5) is 2.58. The predicted octanol–water partition coefficient (Wildman–Crippen LogP) is 2.82. The topological polar surface area (TPSA) is 58.0 Å². The van der Waals surface area contributed by atoms with Gasteiger partial charge in [0.1, 0.15) is 11.9 Å². The van der Waals surface area contributed by atoms with Crippen molar-refractivity contribution >= 4 is 5.82 Å². The van der Waals surface area contributed by atoms with E-state index in [1.807, 2.05) is 6.92 Å². The normalized spacial score (nSPS) is 20.0.